The van der Waals surface area contributed by atoms with E-state index in [0.29, 0.717) is 30.3 Å². The summed E-state index contributed by atoms with van der Waals surface area (Å²) in [5, 5.41) is 2.90. The lowest BCUT2D eigenvalue weighted by Gasteiger charge is -2.11. The SMILES string of the molecule is CNc1ccc(C=O)c(C2OCCO2)n1. The summed E-state index contributed by atoms with van der Waals surface area (Å²) in [5.74, 6) is 0.690. The zero-order chi connectivity index (χ0) is 10.7. The fourth-order valence-electron chi connectivity index (χ4n) is 1.43. The first-order valence-corrected chi connectivity index (χ1v) is 4.72. The highest BCUT2D eigenvalue weighted by Gasteiger charge is 2.23. The van der Waals surface area contributed by atoms with Crippen LogP contribution in [-0.2, 0) is 9.47 Å². The molecule has 2 rings (SSSR count). The predicted octanol–water partition coefficient (Wildman–Crippen LogP) is 0.981. The average Bonchev–Trinajstić information content (AvgIpc) is 2.81. The number of carbonyl (C=O) groups is 1. The second-order valence-corrected chi connectivity index (χ2v) is 3.11. The van der Waals surface area contributed by atoms with Crippen LogP contribution < -0.4 is 5.32 Å². The number of anilines is 1. The minimum absolute atomic E-state index is 0.501. The molecule has 0 saturated carbocycles. The topological polar surface area (TPSA) is 60.5 Å². The fourth-order valence-corrected chi connectivity index (χ4v) is 1.43. The Balaban J connectivity index is 2.36. The first kappa shape index (κ1) is 10.1. The molecule has 1 aliphatic rings. The zero-order valence-electron chi connectivity index (χ0n) is 8.40. The van der Waals surface area contributed by atoms with E-state index in [4.69, 9.17) is 9.47 Å². The molecule has 5 heteroatoms. The van der Waals surface area contributed by atoms with E-state index in [-0.39, 0.29) is 0 Å². The molecular weight excluding hydrogens is 196 g/mol. The van der Waals surface area contributed by atoms with Gasteiger partial charge in [0.25, 0.3) is 0 Å². The first-order valence-electron chi connectivity index (χ1n) is 4.72. The van der Waals surface area contributed by atoms with Crippen LogP contribution in [0.1, 0.15) is 22.3 Å². The monoisotopic (exact) mass is 208 g/mol. The summed E-state index contributed by atoms with van der Waals surface area (Å²) in [6.07, 6.45) is 0.241. The van der Waals surface area contributed by atoms with E-state index in [2.05, 4.69) is 10.3 Å². The standard InChI is InChI=1S/C10H12N2O3/c1-11-8-3-2-7(6-13)9(12-8)10-14-4-5-15-10/h2-3,6,10H,4-5H2,1H3,(H,11,12). The highest BCUT2D eigenvalue weighted by molar-refractivity contribution is 5.77. The van der Waals surface area contributed by atoms with Crippen molar-refractivity contribution in [3.05, 3.63) is 23.4 Å². The number of carbonyl (C=O) groups excluding carboxylic acids is 1. The van der Waals surface area contributed by atoms with Gasteiger partial charge in [0.1, 0.15) is 11.5 Å². The minimum Gasteiger partial charge on any atom is -0.373 e. The van der Waals surface area contributed by atoms with Crippen LogP contribution in [0.4, 0.5) is 5.82 Å². The van der Waals surface area contributed by atoms with Crippen molar-refractivity contribution in [3.63, 3.8) is 0 Å². The summed E-state index contributed by atoms with van der Waals surface area (Å²) in [7, 11) is 1.77. The van der Waals surface area contributed by atoms with Gasteiger partial charge in [-0.05, 0) is 12.1 Å². The molecule has 0 radical (unpaired) electrons. The molecule has 1 aromatic heterocycles. The number of ether oxygens (including phenoxy) is 2. The van der Waals surface area contributed by atoms with Crippen molar-refractivity contribution >= 4 is 12.1 Å². The first-order chi connectivity index (χ1) is 7.35. The molecule has 1 fully saturated rings. The highest BCUT2D eigenvalue weighted by atomic mass is 16.7. The van der Waals surface area contributed by atoms with Crippen molar-refractivity contribution in [1.82, 2.24) is 4.98 Å². The summed E-state index contributed by atoms with van der Waals surface area (Å²) >= 11 is 0. The second-order valence-electron chi connectivity index (χ2n) is 3.11. The minimum atomic E-state index is -0.515. The van der Waals surface area contributed by atoms with Gasteiger partial charge in [-0.25, -0.2) is 4.98 Å². The smallest absolute Gasteiger partial charge is 0.202 e. The maximum atomic E-state index is 10.8. The van der Waals surface area contributed by atoms with Crippen molar-refractivity contribution in [2.75, 3.05) is 25.6 Å². The molecule has 2 heterocycles. The summed E-state index contributed by atoms with van der Waals surface area (Å²) < 4.78 is 10.6. The van der Waals surface area contributed by atoms with Crippen LogP contribution in [0, 0.1) is 0 Å². The van der Waals surface area contributed by atoms with Crippen LogP contribution in [0.3, 0.4) is 0 Å². The maximum absolute atomic E-state index is 10.8. The molecule has 0 spiro atoms. The summed E-state index contributed by atoms with van der Waals surface area (Å²) in [4.78, 5) is 15.1. The Hall–Kier alpha value is -1.46. The predicted molar refractivity (Wildman–Crippen MR) is 53.8 cm³/mol. The van der Waals surface area contributed by atoms with Gasteiger partial charge in [0, 0.05) is 12.6 Å². The highest BCUT2D eigenvalue weighted by Crippen LogP contribution is 2.25. The van der Waals surface area contributed by atoms with Gasteiger partial charge in [-0.1, -0.05) is 0 Å². The molecule has 0 amide bonds. The molecule has 0 aliphatic carbocycles. The van der Waals surface area contributed by atoms with Crippen LogP contribution in [-0.4, -0.2) is 31.5 Å². The van der Waals surface area contributed by atoms with Gasteiger partial charge in [0.2, 0.25) is 6.29 Å². The normalized spacial score (nSPS) is 16.6. The zero-order valence-corrected chi connectivity index (χ0v) is 8.40. The lowest BCUT2D eigenvalue weighted by molar-refractivity contribution is -0.0475. The Morgan fingerprint density at radius 1 is 1.47 bits per heavy atom. The summed E-state index contributed by atoms with van der Waals surface area (Å²) in [5.41, 5.74) is 1.04. The molecule has 5 nitrogen and oxygen atoms in total. The van der Waals surface area contributed by atoms with Crippen LogP contribution in [0.2, 0.25) is 0 Å². The number of pyridine rings is 1. The van der Waals surface area contributed by atoms with E-state index in [0.717, 1.165) is 6.29 Å². The van der Waals surface area contributed by atoms with Gasteiger partial charge >= 0.3 is 0 Å². The Kier molecular flexibility index (Phi) is 2.94. The number of aromatic nitrogens is 1. The van der Waals surface area contributed by atoms with Crippen molar-refractivity contribution in [2.24, 2.45) is 0 Å². The molecule has 1 aliphatic heterocycles. The Morgan fingerprint density at radius 3 is 2.80 bits per heavy atom. The van der Waals surface area contributed by atoms with Crippen LogP contribution in [0.25, 0.3) is 0 Å². The Labute approximate surface area is 87.4 Å². The third kappa shape index (κ3) is 1.98. The fraction of sp³-hybridized carbons (Fsp3) is 0.400. The van der Waals surface area contributed by atoms with E-state index < -0.39 is 6.29 Å². The number of rotatable bonds is 3. The van der Waals surface area contributed by atoms with E-state index >= 15 is 0 Å². The molecule has 1 N–H and O–H groups in total. The molecule has 15 heavy (non-hydrogen) atoms. The Bertz CT molecular complexity index is 362. The largest absolute Gasteiger partial charge is 0.373 e. The van der Waals surface area contributed by atoms with Crippen molar-refractivity contribution < 1.29 is 14.3 Å². The van der Waals surface area contributed by atoms with E-state index in [9.17, 15) is 4.79 Å². The van der Waals surface area contributed by atoms with E-state index in [1.54, 1.807) is 19.2 Å². The third-order valence-electron chi connectivity index (χ3n) is 2.19. The number of nitrogens with one attached hydrogen (secondary N) is 1. The van der Waals surface area contributed by atoms with Gasteiger partial charge in [-0.3, -0.25) is 4.79 Å². The number of hydrogen-bond acceptors (Lipinski definition) is 5. The number of hydrogen-bond donors (Lipinski definition) is 1. The molecule has 80 valence electrons. The van der Waals surface area contributed by atoms with Crippen LogP contribution in [0.15, 0.2) is 12.1 Å². The molecule has 0 unspecified atom stereocenters. The van der Waals surface area contributed by atoms with Crippen LogP contribution in [0.5, 0.6) is 0 Å². The van der Waals surface area contributed by atoms with Gasteiger partial charge in [0.15, 0.2) is 6.29 Å². The van der Waals surface area contributed by atoms with Gasteiger partial charge in [-0.15, -0.1) is 0 Å². The van der Waals surface area contributed by atoms with Gasteiger partial charge in [0.05, 0.1) is 13.2 Å². The summed E-state index contributed by atoms with van der Waals surface area (Å²) in [6.45, 7) is 1.07. The van der Waals surface area contributed by atoms with Crippen LogP contribution >= 0.6 is 0 Å². The lowest BCUT2D eigenvalue weighted by Crippen LogP contribution is -2.07. The molecule has 0 bridgehead atoms. The lowest BCUT2D eigenvalue weighted by atomic mass is 10.2. The molecular formula is C10H12N2O3. The average molecular weight is 208 g/mol. The van der Waals surface area contributed by atoms with E-state index in [1.807, 2.05) is 0 Å². The quantitative estimate of drug-likeness (QED) is 0.750. The summed E-state index contributed by atoms with van der Waals surface area (Å²) in [6, 6.07) is 3.44. The third-order valence-corrected chi connectivity index (χ3v) is 2.19. The molecule has 1 saturated heterocycles. The van der Waals surface area contributed by atoms with Crippen molar-refractivity contribution in [1.29, 1.82) is 0 Å². The molecule has 1 aromatic rings. The van der Waals surface area contributed by atoms with Gasteiger partial charge in [-0.2, -0.15) is 0 Å². The van der Waals surface area contributed by atoms with Crippen molar-refractivity contribution in [2.45, 2.75) is 6.29 Å². The Morgan fingerprint density at radius 2 is 2.20 bits per heavy atom. The van der Waals surface area contributed by atoms with Gasteiger partial charge < -0.3 is 14.8 Å². The van der Waals surface area contributed by atoms with E-state index in [1.165, 1.54) is 0 Å². The number of aldehydes is 1. The molecule has 0 aromatic carbocycles. The second kappa shape index (κ2) is 4.37. The molecule has 0 atom stereocenters. The van der Waals surface area contributed by atoms with Crippen molar-refractivity contribution in [3.8, 4) is 0 Å². The maximum Gasteiger partial charge on any atom is 0.202 e. The number of nitrogens with zero attached hydrogens (tertiary/aromatic N) is 1.